The average Bonchev–Trinajstić information content (AvgIpc) is 3.27. The lowest BCUT2D eigenvalue weighted by molar-refractivity contribution is 0.134. The zero-order valence-corrected chi connectivity index (χ0v) is 39.9. The van der Waals surface area contributed by atoms with Crippen molar-refractivity contribution in [2.24, 2.45) is 0 Å². The number of ether oxygens (including phenoxy) is 2. The number of likely N-dealkylation sites (N-methyl/N-ethyl adjacent to an activating group) is 2. The fourth-order valence-electron chi connectivity index (χ4n) is 7.95. The lowest BCUT2D eigenvalue weighted by Gasteiger charge is -2.28. The predicted molar refractivity (Wildman–Crippen MR) is 262 cm³/mol. The molecule has 2 amide bonds. The number of rotatable bonds is 17. The Labute approximate surface area is 388 Å². The molecule has 0 atom stereocenters. The van der Waals surface area contributed by atoms with Crippen molar-refractivity contribution >= 4 is 50.1 Å². The van der Waals surface area contributed by atoms with Gasteiger partial charge in [-0.15, -0.1) is 0 Å². The molecule has 346 valence electrons. The van der Waals surface area contributed by atoms with Gasteiger partial charge < -0.3 is 34.0 Å². The normalized spacial score (nSPS) is 12.4. The molecular weight excluding hydrogens is 853 g/mol. The fraction of sp³-hybridized carbons (Fsp3) is 0.302. The molecule has 4 aromatic carbocycles. The van der Waals surface area contributed by atoms with Crippen LogP contribution in [-0.4, -0.2) is 64.5 Å². The molecule has 2 N–H and O–H groups in total. The molecule has 0 fully saturated rings. The first-order chi connectivity index (χ1) is 31.2. The summed E-state index contributed by atoms with van der Waals surface area (Å²) in [5.74, 6) is 0.445. The molecule has 0 bridgehead atoms. The van der Waals surface area contributed by atoms with Gasteiger partial charge in [0.15, 0.2) is 13.2 Å². The van der Waals surface area contributed by atoms with Crippen LogP contribution in [0.3, 0.4) is 0 Å². The number of amides is 2. The Hall–Kier alpha value is -6.70. The molecule has 2 aliphatic rings. The molecule has 0 saturated carbocycles. The zero-order valence-electron chi connectivity index (χ0n) is 39.1. The Bertz CT molecular complexity index is 2950. The van der Waals surface area contributed by atoms with Gasteiger partial charge in [-0.1, -0.05) is 78.9 Å². The van der Waals surface area contributed by atoms with Crippen molar-refractivity contribution < 1.29 is 36.5 Å². The molecule has 1 aliphatic carbocycles. The number of allylic oxidation sites excluding steroid dienone is 2. The van der Waals surface area contributed by atoms with Gasteiger partial charge in [-0.3, -0.25) is 0 Å². The first kappa shape index (κ1) is 48.7. The fourth-order valence-corrected chi connectivity index (χ4v) is 8.64. The van der Waals surface area contributed by atoms with Gasteiger partial charge in [-0.25, -0.2) is 22.6 Å². The maximum absolute atomic E-state index is 13.1. The Morgan fingerprint density at radius 3 is 1.89 bits per heavy atom. The first-order valence-corrected chi connectivity index (χ1v) is 23.4. The van der Waals surface area contributed by atoms with E-state index in [1.165, 1.54) is 12.1 Å². The molecular formula is C53H60N4O8S. The molecule has 0 saturated heterocycles. The minimum absolute atomic E-state index is 0.0944. The van der Waals surface area contributed by atoms with E-state index in [1.54, 1.807) is 12.1 Å². The summed E-state index contributed by atoms with van der Waals surface area (Å²) < 4.78 is 58.0. The van der Waals surface area contributed by atoms with Crippen molar-refractivity contribution in [1.29, 1.82) is 0 Å². The number of nitrogens with zero attached hydrogens (tertiary/aromatic N) is 2. The number of benzene rings is 5. The smallest absolute Gasteiger partial charge is 0.408 e. The summed E-state index contributed by atoms with van der Waals surface area (Å²) >= 11 is 0. The standard InChI is InChI=1S/C53H60N4O8S/c1-11-56(27-29-63-50(58)54-52(7,8)39-19-15-17-37(31-39)35(3)4)41-23-25-43-46(33-41)65-47-34-42(24-26-44(47)49(43)45-21-13-14-22-48(45)66(60,61)62)57(12-2)28-30-64-51(59)55-53(9,10)40-20-16-18-38(32-40)36(5)6/h13-26,31-34H,3,5,11-12,27-30H2,1-2,4,6-10H3,(H2-,54,55,58,59,60,61,62). The minimum atomic E-state index is -4.87. The molecule has 0 aromatic heterocycles. The average molecular weight is 913 g/mol. The summed E-state index contributed by atoms with van der Waals surface area (Å²) in [6.07, 6.45) is -1.10. The maximum Gasteiger partial charge on any atom is 0.408 e. The van der Waals surface area contributed by atoms with Crippen LogP contribution in [0.25, 0.3) is 44.6 Å². The number of fused-ring (bicyclic) bond motifs is 2. The SMILES string of the molecule is C=C(C)c1cccc(C(C)(C)NC(=O)OCCN(CC)c2ccc3c(-c4ccccc4S(=O)(=O)[O-])c4ccc(=[N+](CC)CCOC(=O)NC(C)(C)c5cccc(C(=C)C)c5)cc-4oc3c2)c1. The second kappa shape index (κ2) is 20.2. The highest BCUT2D eigenvalue weighted by atomic mass is 32.2. The Kier molecular flexibility index (Phi) is 14.9. The topological polar surface area (TPSA) is 153 Å². The van der Waals surface area contributed by atoms with E-state index in [0.717, 1.165) is 44.4 Å². The van der Waals surface area contributed by atoms with E-state index >= 15 is 0 Å². The molecule has 6 rings (SSSR count). The van der Waals surface area contributed by atoms with Gasteiger partial charge >= 0.3 is 12.2 Å². The third-order valence-corrected chi connectivity index (χ3v) is 12.7. The number of anilines is 1. The van der Waals surface area contributed by atoms with Gasteiger partial charge in [-0.2, -0.15) is 0 Å². The van der Waals surface area contributed by atoms with E-state index in [4.69, 9.17) is 13.9 Å². The number of hydrogen-bond donors (Lipinski definition) is 2. The summed E-state index contributed by atoms with van der Waals surface area (Å²) in [6.45, 7) is 25.6. The number of carbonyl (C=O) groups excluding carboxylic acids is 2. The number of alkyl carbamates (subject to hydrolysis) is 2. The van der Waals surface area contributed by atoms with Crippen LogP contribution >= 0.6 is 0 Å². The van der Waals surface area contributed by atoms with Gasteiger partial charge in [0.25, 0.3) is 0 Å². The van der Waals surface area contributed by atoms with Crippen LogP contribution in [0, 0.1) is 0 Å². The summed E-state index contributed by atoms with van der Waals surface area (Å²) in [5.41, 5.74) is 6.87. The van der Waals surface area contributed by atoms with Crippen molar-refractivity contribution in [2.75, 3.05) is 44.3 Å². The van der Waals surface area contributed by atoms with E-state index < -0.39 is 33.4 Å². The molecule has 0 radical (unpaired) electrons. The Morgan fingerprint density at radius 1 is 0.742 bits per heavy atom. The zero-order chi connectivity index (χ0) is 48.0. The van der Waals surface area contributed by atoms with E-state index in [0.29, 0.717) is 54.0 Å². The molecule has 4 aromatic rings. The Balaban J connectivity index is 1.27. The lowest BCUT2D eigenvalue weighted by Crippen LogP contribution is -2.42. The van der Waals surface area contributed by atoms with Crippen molar-refractivity contribution in [3.05, 3.63) is 150 Å². The minimum Gasteiger partial charge on any atom is -0.744 e. The summed E-state index contributed by atoms with van der Waals surface area (Å²) in [5, 5.41) is 7.33. The molecule has 0 spiro atoms. The molecule has 13 heteroatoms. The highest BCUT2D eigenvalue weighted by molar-refractivity contribution is 7.85. The van der Waals surface area contributed by atoms with E-state index in [2.05, 4.69) is 23.8 Å². The highest BCUT2D eigenvalue weighted by Gasteiger charge is 2.27. The highest BCUT2D eigenvalue weighted by Crippen LogP contribution is 2.43. The first-order valence-electron chi connectivity index (χ1n) is 22.0. The number of hydrogen-bond acceptors (Lipinski definition) is 9. The van der Waals surface area contributed by atoms with Gasteiger partial charge in [0.2, 0.25) is 5.36 Å². The van der Waals surface area contributed by atoms with Crippen LogP contribution in [0.4, 0.5) is 15.3 Å². The van der Waals surface area contributed by atoms with E-state index in [-0.39, 0.29) is 23.7 Å². The van der Waals surface area contributed by atoms with Crippen LogP contribution in [0.1, 0.15) is 77.6 Å². The summed E-state index contributed by atoms with van der Waals surface area (Å²) in [4.78, 5) is 27.8. The van der Waals surface area contributed by atoms with E-state index in [1.807, 2.05) is 150 Å². The maximum atomic E-state index is 13.1. The van der Waals surface area contributed by atoms with Crippen LogP contribution in [0.5, 0.6) is 0 Å². The largest absolute Gasteiger partial charge is 0.744 e. The molecule has 66 heavy (non-hydrogen) atoms. The third kappa shape index (κ3) is 11.4. The van der Waals surface area contributed by atoms with Crippen LogP contribution in [-0.2, 0) is 30.7 Å². The summed E-state index contributed by atoms with van der Waals surface area (Å²) in [6, 6.07) is 33.1. The number of carbonyl (C=O) groups is 2. The third-order valence-electron chi connectivity index (χ3n) is 11.8. The molecule has 12 nitrogen and oxygen atoms in total. The lowest BCUT2D eigenvalue weighted by atomic mass is 9.92. The Morgan fingerprint density at radius 2 is 1.33 bits per heavy atom. The van der Waals surface area contributed by atoms with E-state index in [9.17, 15) is 22.6 Å². The van der Waals surface area contributed by atoms with Gasteiger partial charge in [-0.05, 0) is 114 Å². The molecule has 0 unspecified atom stereocenters. The summed E-state index contributed by atoms with van der Waals surface area (Å²) in [7, 11) is -4.87. The van der Waals surface area contributed by atoms with Crippen LogP contribution < -0.4 is 25.5 Å². The van der Waals surface area contributed by atoms with Crippen LogP contribution in [0.2, 0.25) is 0 Å². The van der Waals surface area contributed by atoms with Gasteiger partial charge in [0, 0.05) is 46.4 Å². The van der Waals surface area contributed by atoms with Crippen molar-refractivity contribution in [3.63, 3.8) is 0 Å². The molecule has 1 heterocycles. The van der Waals surface area contributed by atoms with Crippen LogP contribution in [0.15, 0.2) is 132 Å². The van der Waals surface area contributed by atoms with Crippen molar-refractivity contribution in [3.8, 4) is 22.5 Å². The molecule has 1 aliphatic heterocycles. The van der Waals surface area contributed by atoms with Gasteiger partial charge in [0.1, 0.15) is 34.6 Å². The van der Waals surface area contributed by atoms with Crippen molar-refractivity contribution in [1.82, 2.24) is 15.2 Å². The quantitative estimate of drug-likeness (QED) is 0.0517. The predicted octanol–water partition coefficient (Wildman–Crippen LogP) is 10.1. The number of nitrogens with one attached hydrogen (secondary N) is 2. The van der Waals surface area contributed by atoms with Crippen molar-refractivity contribution in [2.45, 2.75) is 71.4 Å². The second-order valence-electron chi connectivity index (χ2n) is 17.4. The second-order valence-corrected chi connectivity index (χ2v) is 18.8. The van der Waals surface area contributed by atoms with Gasteiger partial charge in [0.05, 0.1) is 28.6 Å². The monoisotopic (exact) mass is 912 g/mol.